The summed E-state index contributed by atoms with van der Waals surface area (Å²) in [7, 11) is 0. The first kappa shape index (κ1) is 15.9. The number of aromatic carboxylic acids is 1. The first-order chi connectivity index (χ1) is 10.1. The van der Waals surface area contributed by atoms with E-state index in [-0.39, 0.29) is 10.8 Å². The van der Waals surface area contributed by atoms with Crippen molar-refractivity contribution in [2.24, 2.45) is 5.92 Å². The third-order valence-electron chi connectivity index (χ3n) is 3.98. The second-order valence-corrected chi connectivity index (χ2v) is 6.73. The zero-order chi connectivity index (χ0) is 15.2. The van der Waals surface area contributed by atoms with Crippen molar-refractivity contribution >= 4 is 23.2 Å². The molecule has 1 aliphatic carbocycles. The van der Waals surface area contributed by atoms with Crippen LogP contribution in [0.1, 0.15) is 65.3 Å². The lowest BCUT2D eigenvalue weighted by atomic mass is 9.86. The van der Waals surface area contributed by atoms with Crippen LogP contribution in [0, 0.1) is 12.8 Å². The molecule has 2 N–H and O–H groups in total. The van der Waals surface area contributed by atoms with Crippen molar-refractivity contribution in [1.82, 2.24) is 10.3 Å². The van der Waals surface area contributed by atoms with Crippen LogP contribution in [0.5, 0.6) is 0 Å². The third-order valence-corrected chi connectivity index (χ3v) is 5.12. The highest BCUT2D eigenvalue weighted by Crippen LogP contribution is 2.27. The number of carboxylic acids is 1. The minimum absolute atomic E-state index is 0.0327. The Bertz CT molecular complexity index is 507. The van der Waals surface area contributed by atoms with Crippen molar-refractivity contribution in [3.63, 3.8) is 0 Å². The number of thiazole rings is 1. The van der Waals surface area contributed by atoms with Crippen molar-refractivity contribution in [3.05, 3.63) is 15.6 Å². The van der Waals surface area contributed by atoms with Crippen LogP contribution in [0.2, 0.25) is 0 Å². The molecular weight excluding hydrogens is 288 g/mol. The van der Waals surface area contributed by atoms with Crippen molar-refractivity contribution in [2.75, 3.05) is 0 Å². The molecule has 5 nitrogen and oxygen atoms in total. The molecule has 1 aromatic rings. The second-order valence-electron chi connectivity index (χ2n) is 5.65. The van der Waals surface area contributed by atoms with Gasteiger partial charge in [-0.2, -0.15) is 0 Å². The third kappa shape index (κ3) is 4.81. The largest absolute Gasteiger partial charge is 0.477 e. The summed E-state index contributed by atoms with van der Waals surface area (Å²) in [6.07, 6.45) is 7.94. The van der Waals surface area contributed by atoms with E-state index in [2.05, 4.69) is 10.3 Å². The summed E-state index contributed by atoms with van der Waals surface area (Å²) >= 11 is 1.13. The standard InChI is InChI=1S/C15H22N2O3S/c1-10-14(15(19)20)21-13(17-10)9-16-12(18)8-7-11-5-3-2-4-6-11/h11H,2-9H2,1H3,(H,16,18)(H,19,20). The number of carbonyl (C=O) groups is 2. The van der Waals surface area contributed by atoms with E-state index in [1.165, 1.54) is 32.1 Å². The van der Waals surface area contributed by atoms with Crippen LogP contribution in [0.25, 0.3) is 0 Å². The molecule has 0 spiro atoms. The van der Waals surface area contributed by atoms with Crippen molar-refractivity contribution in [1.29, 1.82) is 0 Å². The van der Waals surface area contributed by atoms with E-state index in [9.17, 15) is 9.59 Å². The Morgan fingerprint density at radius 3 is 2.67 bits per heavy atom. The SMILES string of the molecule is Cc1nc(CNC(=O)CCC2CCCCC2)sc1C(=O)O. The number of carboxylic acid groups (broad SMARTS) is 1. The van der Waals surface area contributed by atoms with E-state index in [0.29, 0.717) is 29.6 Å². The summed E-state index contributed by atoms with van der Waals surface area (Å²) in [6.45, 7) is 2.00. The van der Waals surface area contributed by atoms with Crippen LogP contribution in [0.15, 0.2) is 0 Å². The molecule has 1 heterocycles. The summed E-state index contributed by atoms with van der Waals surface area (Å²) in [5.74, 6) is -0.226. The predicted molar refractivity (Wildman–Crippen MR) is 81.5 cm³/mol. The number of amides is 1. The quantitative estimate of drug-likeness (QED) is 0.846. The van der Waals surface area contributed by atoms with Crippen LogP contribution >= 0.6 is 11.3 Å². The van der Waals surface area contributed by atoms with E-state index < -0.39 is 5.97 Å². The Labute approximate surface area is 128 Å². The van der Waals surface area contributed by atoms with Gasteiger partial charge in [0.1, 0.15) is 9.88 Å². The highest BCUT2D eigenvalue weighted by molar-refractivity contribution is 7.13. The van der Waals surface area contributed by atoms with Gasteiger partial charge in [0.05, 0.1) is 12.2 Å². The van der Waals surface area contributed by atoms with Gasteiger partial charge in [0, 0.05) is 6.42 Å². The molecule has 0 atom stereocenters. The minimum Gasteiger partial charge on any atom is -0.477 e. The fraction of sp³-hybridized carbons (Fsp3) is 0.667. The molecule has 21 heavy (non-hydrogen) atoms. The van der Waals surface area contributed by atoms with Crippen LogP contribution in [-0.4, -0.2) is 22.0 Å². The molecule has 0 aromatic carbocycles. The lowest BCUT2D eigenvalue weighted by molar-refractivity contribution is -0.121. The molecule has 0 saturated heterocycles. The summed E-state index contributed by atoms with van der Waals surface area (Å²) in [5.41, 5.74) is 0.513. The maximum atomic E-state index is 11.8. The number of rotatable bonds is 6. The molecule has 6 heteroatoms. The first-order valence-electron chi connectivity index (χ1n) is 7.52. The molecule has 2 rings (SSSR count). The zero-order valence-corrected chi connectivity index (χ0v) is 13.2. The van der Waals surface area contributed by atoms with Crippen molar-refractivity contribution in [2.45, 2.75) is 58.4 Å². The smallest absolute Gasteiger partial charge is 0.347 e. The Morgan fingerprint density at radius 2 is 2.05 bits per heavy atom. The summed E-state index contributed by atoms with van der Waals surface area (Å²) in [4.78, 5) is 27.2. The second kappa shape index (κ2) is 7.54. The van der Waals surface area contributed by atoms with Gasteiger partial charge in [-0.15, -0.1) is 11.3 Å². The lowest BCUT2D eigenvalue weighted by Gasteiger charge is -2.20. The molecule has 0 radical (unpaired) electrons. The van der Waals surface area contributed by atoms with Gasteiger partial charge in [0.2, 0.25) is 5.91 Å². The molecule has 0 aliphatic heterocycles. The maximum absolute atomic E-state index is 11.8. The monoisotopic (exact) mass is 310 g/mol. The van der Waals surface area contributed by atoms with Crippen LogP contribution in [0.4, 0.5) is 0 Å². The predicted octanol–water partition coefficient (Wildman–Crippen LogP) is 3.13. The van der Waals surface area contributed by atoms with Gasteiger partial charge in [-0.05, 0) is 19.3 Å². The number of aromatic nitrogens is 1. The van der Waals surface area contributed by atoms with Gasteiger partial charge < -0.3 is 10.4 Å². The molecule has 0 bridgehead atoms. The Balaban J connectivity index is 1.73. The molecule has 1 saturated carbocycles. The van der Waals surface area contributed by atoms with Crippen molar-refractivity contribution < 1.29 is 14.7 Å². The summed E-state index contributed by atoms with van der Waals surface area (Å²) in [6, 6.07) is 0. The van der Waals surface area contributed by atoms with Gasteiger partial charge in [0.25, 0.3) is 0 Å². The molecule has 0 unspecified atom stereocenters. The van der Waals surface area contributed by atoms with E-state index in [0.717, 1.165) is 17.8 Å². The molecular formula is C15H22N2O3S. The van der Waals surface area contributed by atoms with Crippen LogP contribution in [0.3, 0.4) is 0 Å². The maximum Gasteiger partial charge on any atom is 0.347 e. The summed E-state index contributed by atoms with van der Waals surface area (Å²) in [5, 5.41) is 12.5. The fourth-order valence-electron chi connectivity index (χ4n) is 2.80. The molecule has 1 aromatic heterocycles. The van der Waals surface area contributed by atoms with E-state index in [1.54, 1.807) is 6.92 Å². The first-order valence-corrected chi connectivity index (χ1v) is 8.34. The van der Waals surface area contributed by atoms with Crippen LogP contribution in [-0.2, 0) is 11.3 Å². The van der Waals surface area contributed by atoms with Gasteiger partial charge >= 0.3 is 5.97 Å². The van der Waals surface area contributed by atoms with Crippen molar-refractivity contribution in [3.8, 4) is 0 Å². The summed E-state index contributed by atoms with van der Waals surface area (Å²) < 4.78 is 0. The lowest BCUT2D eigenvalue weighted by Crippen LogP contribution is -2.23. The number of nitrogens with one attached hydrogen (secondary N) is 1. The Morgan fingerprint density at radius 1 is 1.33 bits per heavy atom. The molecule has 1 fully saturated rings. The highest BCUT2D eigenvalue weighted by atomic mass is 32.1. The number of hydrogen-bond acceptors (Lipinski definition) is 4. The van der Waals surface area contributed by atoms with E-state index in [1.807, 2.05) is 0 Å². The number of carbonyl (C=O) groups excluding carboxylic acids is 1. The normalized spacial score (nSPS) is 15.9. The van der Waals surface area contributed by atoms with Gasteiger partial charge in [-0.25, -0.2) is 9.78 Å². The number of nitrogens with zero attached hydrogens (tertiary/aromatic N) is 1. The average molecular weight is 310 g/mol. The van der Waals surface area contributed by atoms with Gasteiger partial charge in [0.15, 0.2) is 0 Å². The fourth-order valence-corrected chi connectivity index (χ4v) is 3.64. The Hall–Kier alpha value is -1.43. The van der Waals surface area contributed by atoms with E-state index in [4.69, 9.17) is 5.11 Å². The average Bonchev–Trinajstić information content (AvgIpc) is 2.85. The number of aryl methyl sites for hydroxylation is 1. The topological polar surface area (TPSA) is 79.3 Å². The van der Waals surface area contributed by atoms with E-state index >= 15 is 0 Å². The zero-order valence-electron chi connectivity index (χ0n) is 12.4. The molecule has 1 amide bonds. The molecule has 116 valence electrons. The van der Waals surface area contributed by atoms with Crippen LogP contribution < -0.4 is 5.32 Å². The van der Waals surface area contributed by atoms with Gasteiger partial charge in [-0.1, -0.05) is 32.1 Å². The Kier molecular flexibility index (Phi) is 5.73. The number of hydrogen-bond donors (Lipinski definition) is 2. The van der Waals surface area contributed by atoms with Gasteiger partial charge in [-0.3, -0.25) is 4.79 Å². The minimum atomic E-state index is -0.958. The molecule has 1 aliphatic rings. The highest BCUT2D eigenvalue weighted by Gasteiger charge is 2.16.